The van der Waals surface area contributed by atoms with Crippen molar-refractivity contribution < 1.29 is 4.79 Å². The molecule has 2 aliphatic heterocycles. The number of rotatable bonds is 0. The van der Waals surface area contributed by atoms with Gasteiger partial charge in [0, 0.05) is 18.5 Å². The molecule has 0 radical (unpaired) electrons. The van der Waals surface area contributed by atoms with Crippen LogP contribution in [-0.2, 0) is 4.79 Å². The van der Waals surface area contributed by atoms with E-state index >= 15 is 0 Å². The van der Waals surface area contributed by atoms with Gasteiger partial charge in [-0.1, -0.05) is 0 Å². The highest BCUT2D eigenvalue weighted by atomic mass is 16.1. The molecule has 2 rings (SSSR count). The molecule has 2 heterocycles. The van der Waals surface area contributed by atoms with E-state index in [4.69, 9.17) is 0 Å². The van der Waals surface area contributed by atoms with Crippen molar-refractivity contribution in [3.05, 3.63) is 0 Å². The maximum absolute atomic E-state index is 11.5. The fraction of sp³-hybridized carbons (Fsp3) is 0.889. The van der Waals surface area contributed by atoms with Gasteiger partial charge in [0.1, 0.15) is 0 Å². The molecular formula is C9H16N2O. The standard InChI is InChI=1S/C9H16N2O/c1-11-4-2-3-7-8(11)5-10-6-9(7)12/h7-8,10H,2-6H2,1H3. The van der Waals surface area contributed by atoms with Gasteiger partial charge < -0.3 is 10.2 Å². The highest BCUT2D eigenvalue weighted by Crippen LogP contribution is 2.24. The number of carbonyl (C=O) groups is 1. The second kappa shape index (κ2) is 3.15. The molecule has 0 aromatic heterocycles. The van der Waals surface area contributed by atoms with Crippen LogP contribution in [0.2, 0.25) is 0 Å². The minimum Gasteiger partial charge on any atom is -0.308 e. The number of piperidine rings is 2. The van der Waals surface area contributed by atoms with Crippen LogP contribution in [0.5, 0.6) is 0 Å². The monoisotopic (exact) mass is 168 g/mol. The van der Waals surface area contributed by atoms with Gasteiger partial charge in [0.05, 0.1) is 6.54 Å². The quantitative estimate of drug-likeness (QED) is 0.547. The Hall–Kier alpha value is -0.410. The molecule has 3 nitrogen and oxygen atoms in total. The lowest BCUT2D eigenvalue weighted by atomic mass is 9.84. The van der Waals surface area contributed by atoms with Gasteiger partial charge in [0.2, 0.25) is 0 Å². The van der Waals surface area contributed by atoms with Crippen molar-refractivity contribution in [2.75, 3.05) is 26.7 Å². The number of fused-ring (bicyclic) bond motifs is 1. The lowest BCUT2D eigenvalue weighted by molar-refractivity contribution is -0.127. The molecule has 1 N–H and O–H groups in total. The summed E-state index contributed by atoms with van der Waals surface area (Å²) in [5.74, 6) is 0.739. The first kappa shape index (κ1) is 8.20. The van der Waals surface area contributed by atoms with Crippen LogP contribution in [-0.4, -0.2) is 43.4 Å². The molecule has 0 aliphatic carbocycles. The Bertz CT molecular complexity index is 193. The predicted molar refractivity (Wildman–Crippen MR) is 47.0 cm³/mol. The normalized spacial score (nSPS) is 37.9. The highest BCUT2D eigenvalue weighted by Gasteiger charge is 2.36. The molecule has 2 aliphatic rings. The number of ketones is 1. The van der Waals surface area contributed by atoms with E-state index in [0.29, 0.717) is 24.3 Å². The summed E-state index contributed by atoms with van der Waals surface area (Å²) in [5, 5.41) is 3.17. The van der Waals surface area contributed by atoms with Crippen molar-refractivity contribution in [1.29, 1.82) is 0 Å². The van der Waals surface area contributed by atoms with E-state index < -0.39 is 0 Å². The first-order valence-corrected chi connectivity index (χ1v) is 4.72. The maximum atomic E-state index is 11.5. The molecule has 0 aromatic rings. The Kier molecular flexibility index (Phi) is 2.15. The van der Waals surface area contributed by atoms with Crippen LogP contribution in [0.1, 0.15) is 12.8 Å². The molecule has 0 aromatic carbocycles. The lowest BCUT2D eigenvalue weighted by Gasteiger charge is -2.41. The van der Waals surface area contributed by atoms with E-state index in [1.807, 2.05) is 0 Å². The predicted octanol–water partition coefficient (Wildman–Crippen LogP) is -0.131. The van der Waals surface area contributed by atoms with Crippen molar-refractivity contribution in [2.24, 2.45) is 5.92 Å². The number of carbonyl (C=O) groups excluding carboxylic acids is 1. The van der Waals surface area contributed by atoms with E-state index in [-0.39, 0.29) is 0 Å². The van der Waals surface area contributed by atoms with Crippen molar-refractivity contribution >= 4 is 5.78 Å². The molecule has 0 amide bonds. The molecule has 0 spiro atoms. The minimum atomic E-state index is 0.324. The summed E-state index contributed by atoms with van der Waals surface area (Å²) in [5.41, 5.74) is 0. The summed E-state index contributed by atoms with van der Waals surface area (Å²) in [7, 11) is 2.12. The number of nitrogens with zero attached hydrogens (tertiary/aromatic N) is 1. The molecule has 12 heavy (non-hydrogen) atoms. The number of nitrogens with one attached hydrogen (secondary N) is 1. The van der Waals surface area contributed by atoms with Crippen molar-refractivity contribution in [3.63, 3.8) is 0 Å². The van der Waals surface area contributed by atoms with Crippen molar-refractivity contribution in [3.8, 4) is 0 Å². The third-order valence-corrected chi connectivity index (χ3v) is 3.12. The number of likely N-dealkylation sites (tertiary alicyclic amines) is 1. The third-order valence-electron chi connectivity index (χ3n) is 3.12. The second-order valence-electron chi connectivity index (χ2n) is 3.89. The molecule has 2 unspecified atom stereocenters. The lowest BCUT2D eigenvalue weighted by Crippen LogP contribution is -2.56. The van der Waals surface area contributed by atoms with E-state index in [0.717, 1.165) is 19.5 Å². The van der Waals surface area contributed by atoms with Crippen molar-refractivity contribution in [2.45, 2.75) is 18.9 Å². The van der Waals surface area contributed by atoms with E-state index in [2.05, 4.69) is 17.3 Å². The van der Waals surface area contributed by atoms with Gasteiger partial charge in [0.15, 0.2) is 5.78 Å². The zero-order valence-corrected chi connectivity index (χ0v) is 7.55. The van der Waals surface area contributed by atoms with Crippen LogP contribution in [0, 0.1) is 5.92 Å². The Morgan fingerprint density at radius 2 is 2.42 bits per heavy atom. The summed E-state index contributed by atoms with van der Waals surface area (Å²) in [4.78, 5) is 13.8. The molecule has 68 valence electrons. The Balaban J connectivity index is 2.10. The molecule has 2 atom stereocenters. The molecule has 0 saturated carbocycles. The van der Waals surface area contributed by atoms with E-state index in [1.165, 1.54) is 6.42 Å². The average Bonchev–Trinajstić information content (AvgIpc) is 2.07. The van der Waals surface area contributed by atoms with Gasteiger partial charge in [-0.2, -0.15) is 0 Å². The third kappa shape index (κ3) is 1.27. The topological polar surface area (TPSA) is 32.3 Å². The van der Waals surface area contributed by atoms with Gasteiger partial charge in [-0.25, -0.2) is 0 Å². The second-order valence-corrected chi connectivity index (χ2v) is 3.89. The minimum absolute atomic E-state index is 0.324. The zero-order chi connectivity index (χ0) is 8.55. The van der Waals surface area contributed by atoms with Gasteiger partial charge in [-0.3, -0.25) is 4.79 Å². The van der Waals surface area contributed by atoms with Gasteiger partial charge >= 0.3 is 0 Å². The van der Waals surface area contributed by atoms with Crippen LogP contribution >= 0.6 is 0 Å². The fourth-order valence-corrected chi connectivity index (χ4v) is 2.37. The molecule has 0 bridgehead atoms. The Morgan fingerprint density at radius 1 is 1.58 bits per heavy atom. The Labute approximate surface area is 73.1 Å². The fourth-order valence-electron chi connectivity index (χ4n) is 2.37. The summed E-state index contributed by atoms with van der Waals surface area (Å²) >= 11 is 0. The number of hydrogen-bond acceptors (Lipinski definition) is 3. The van der Waals surface area contributed by atoms with Crippen LogP contribution in [0.25, 0.3) is 0 Å². The largest absolute Gasteiger partial charge is 0.308 e. The summed E-state index contributed by atoms with van der Waals surface area (Å²) in [6.07, 6.45) is 2.29. The number of Topliss-reactive ketones (excluding diaryl/α,β-unsaturated/α-hetero) is 1. The number of likely N-dealkylation sites (N-methyl/N-ethyl adjacent to an activating group) is 1. The van der Waals surface area contributed by atoms with Crippen LogP contribution in [0.15, 0.2) is 0 Å². The van der Waals surface area contributed by atoms with Crippen LogP contribution in [0.3, 0.4) is 0 Å². The van der Waals surface area contributed by atoms with Gasteiger partial charge in [-0.15, -0.1) is 0 Å². The maximum Gasteiger partial charge on any atom is 0.151 e. The highest BCUT2D eigenvalue weighted by molar-refractivity contribution is 5.84. The molecule has 2 fully saturated rings. The van der Waals surface area contributed by atoms with Crippen LogP contribution < -0.4 is 5.32 Å². The molecule has 2 saturated heterocycles. The smallest absolute Gasteiger partial charge is 0.151 e. The van der Waals surface area contributed by atoms with Gasteiger partial charge in [-0.05, 0) is 26.4 Å². The summed E-state index contributed by atoms with van der Waals surface area (Å²) < 4.78 is 0. The van der Waals surface area contributed by atoms with E-state index in [9.17, 15) is 4.79 Å². The molecular weight excluding hydrogens is 152 g/mol. The summed E-state index contributed by atoms with van der Waals surface area (Å²) in [6.45, 7) is 2.73. The molecule has 3 heteroatoms. The van der Waals surface area contributed by atoms with E-state index in [1.54, 1.807) is 0 Å². The van der Waals surface area contributed by atoms with Gasteiger partial charge in [0.25, 0.3) is 0 Å². The SMILES string of the molecule is CN1CCCC2C(=O)CNCC21. The number of hydrogen-bond donors (Lipinski definition) is 1. The van der Waals surface area contributed by atoms with Crippen molar-refractivity contribution in [1.82, 2.24) is 10.2 Å². The summed E-state index contributed by atoms with van der Waals surface area (Å²) in [6, 6.07) is 0.472. The first-order valence-electron chi connectivity index (χ1n) is 4.72. The Morgan fingerprint density at radius 3 is 3.17 bits per heavy atom. The first-order chi connectivity index (χ1) is 5.79. The average molecular weight is 168 g/mol. The zero-order valence-electron chi connectivity index (χ0n) is 7.55. The van der Waals surface area contributed by atoms with Crippen LogP contribution in [0.4, 0.5) is 0 Å².